The SMILES string of the molecule is CN=C(NCC1(CCOC)CCC1)NCC1(CCOC)CC1. The molecule has 0 aliphatic heterocycles. The number of nitrogens with zero attached hydrogens (tertiary/aromatic N) is 1. The van der Waals surface area contributed by atoms with Gasteiger partial charge in [-0.1, -0.05) is 6.42 Å². The van der Waals surface area contributed by atoms with E-state index in [4.69, 9.17) is 9.47 Å². The molecule has 0 aromatic heterocycles. The monoisotopic (exact) mass is 311 g/mol. The average Bonchev–Trinajstić information content (AvgIpc) is 3.27. The number of ether oxygens (including phenoxy) is 2. The van der Waals surface area contributed by atoms with Gasteiger partial charge in [-0.05, 0) is 49.4 Å². The highest BCUT2D eigenvalue weighted by Crippen LogP contribution is 2.48. The summed E-state index contributed by atoms with van der Waals surface area (Å²) < 4.78 is 10.5. The average molecular weight is 311 g/mol. The van der Waals surface area contributed by atoms with Crippen LogP contribution < -0.4 is 10.6 Å². The van der Waals surface area contributed by atoms with E-state index in [0.29, 0.717) is 10.8 Å². The van der Waals surface area contributed by atoms with Crippen molar-refractivity contribution >= 4 is 5.96 Å². The van der Waals surface area contributed by atoms with E-state index in [1.807, 2.05) is 7.05 Å². The van der Waals surface area contributed by atoms with E-state index in [0.717, 1.165) is 45.1 Å². The zero-order valence-electron chi connectivity index (χ0n) is 14.5. The summed E-state index contributed by atoms with van der Waals surface area (Å²) in [5, 5.41) is 7.04. The molecule has 5 heteroatoms. The van der Waals surface area contributed by atoms with Gasteiger partial charge in [0.1, 0.15) is 0 Å². The molecule has 22 heavy (non-hydrogen) atoms. The van der Waals surface area contributed by atoms with Crippen LogP contribution in [0, 0.1) is 10.8 Å². The first-order chi connectivity index (χ1) is 10.7. The minimum atomic E-state index is 0.418. The third-order valence-electron chi connectivity index (χ3n) is 5.53. The molecule has 0 aromatic rings. The lowest BCUT2D eigenvalue weighted by atomic mass is 9.67. The number of guanidine groups is 1. The van der Waals surface area contributed by atoms with Gasteiger partial charge in [-0.25, -0.2) is 0 Å². The van der Waals surface area contributed by atoms with Crippen LogP contribution in [0.2, 0.25) is 0 Å². The van der Waals surface area contributed by atoms with Crippen LogP contribution in [0.25, 0.3) is 0 Å². The number of hydrogen-bond donors (Lipinski definition) is 2. The van der Waals surface area contributed by atoms with Crippen molar-refractivity contribution in [3.8, 4) is 0 Å². The zero-order chi connectivity index (χ0) is 15.9. The third-order valence-corrected chi connectivity index (χ3v) is 5.53. The molecule has 2 rings (SSSR count). The minimum absolute atomic E-state index is 0.418. The summed E-state index contributed by atoms with van der Waals surface area (Å²) in [4.78, 5) is 4.37. The molecule has 0 atom stereocenters. The van der Waals surface area contributed by atoms with E-state index in [-0.39, 0.29) is 0 Å². The molecule has 0 spiro atoms. The lowest BCUT2D eigenvalue weighted by Crippen LogP contribution is -2.48. The van der Waals surface area contributed by atoms with E-state index in [2.05, 4.69) is 15.6 Å². The Kier molecular flexibility index (Phi) is 6.50. The molecule has 0 radical (unpaired) electrons. The molecule has 2 saturated carbocycles. The van der Waals surface area contributed by atoms with Crippen LogP contribution in [0.15, 0.2) is 4.99 Å². The fraction of sp³-hybridized carbons (Fsp3) is 0.941. The summed E-state index contributed by atoms with van der Waals surface area (Å²) in [5.41, 5.74) is 0.860. The van der Waals surface area contributed by atoms with Crippen molar-refractivity contribution in [2.24, 2.45) is 15.8 Å². The summed E-state index contributed by atoms with van der Waals surface area (Å²) in [5.74, 6) is 0.937. The van der Waals surface area contributed by atoms with Gasteiger partial charge in [-0.3, -0.25) is 4.99 Å². The maximum absolute atomic E-state index is 5.26. The molecule has 0 heterocycles. The quantitative estimate of drug-likeness (QED) is 0.479. The first kappa shape index (κ1) is 17.5. The first-order valence-corrected chi connectivity index (χ1v) is 8.60. The summed E-state index contributed by atoms with van der Waals surface area (Å²) in [6.45, 7) is 3.71. The van der Waals surface area contributed by atoms with Crippen molar-refractivity contribution < 1.29 is 9.47 Å². The van der Waals surface area contributed by atoms with Gasteiger partial charge < -0.3 is 20.1 Å². The Labute approximate surface area is 135 Å². The molecule has 0 aromatic carbocycles. The van der Waals surface area contributed by atoms with Crippen molar-refractivity contribution in [3.05, 3.63) is 0 Å². The van der Waals surface area contributed by atoms with Crippen molar-refractivity contribution in [1.82, 2.24) is 10.6 Å². The van der Waals surface area contributed by atoms with Gasteiger partial charge in [0.15, 0.2) is 5.96 Å². The highest BCUT2D eigenvalue weighted by molar-refractivity contribution is 5.79. The van der Waals surface area contributed by atoms with Gasteiger partial charge in [0.25, 0.3) is 0 Å². The Bertz CT molecular complexity index is 363. The normalized spacial score (nSPS) is 22.0. The summed E-state index contributed by atoms with van der Waals surface area (Å²) in [6.07, 6.45) is 8.85. The highest BCUT2D eigenvalue weighted by Gasteiger charge is 2.42. The van der Waals surface area contributed by atoms with Gasteiger partial charge in [-0.2, -0.15) is 0 Å². The smallest absolute Gasteiger partial charge is 0.191 e. The summed E-state index contributed by atoms with van der Waals surface area (Å²) in [7, 11) is 5.42. The topological polar surface area (TPSA) is 54.9 Å². The number of methoxy groups -OCH3 is 2. The minimum Gasteiger partial charge on any atom is -0.385 e. The predicted octanol–water partition coefficient (Wildman–Crippen LogP) is 2.17. The number of nitrogens with one attached hydrogen (secondary N) is 2. The predicted molar refractivity (Wildman–Crippen MR) is 90.3 cm³/mol. The Morgan fingerprint density at radius 1 is 0.909 bits per heavy atom. The van der Waals surface area contributed by atoms with Crippen LogP contribution in [0.1, 0.15) is 44.9 Å². The lowest BCUT2D eigenvalue weighted by molar-refractivity contribution is 0.0732. The molecule has 128 valence electrons. The van der Waals surface area contributed by atoms with Gasteiger partial charge in [0, 0.05) is 47.6 Å². The van der Waals surface area contributed by atoms with Gasteiger partial charge >= 0.3 is 0 Å². The Balaban J connectivity index is 1.71. The molecule has 0 unspecified atom stereocenters. The molecule has 2 aliphatic rings. The fourth-order valence-electron chi connectivity index (χ4n) is 3.28. The second kappa shape index (κ2) is 8.16. The Morgan fingerprint density at radius 3 is 1.73 bits per heavy atom. The largest absolute Gasteiger partial charge is 0.385 e. The molecule has 2 aliphatic carbocycles. The van der Waals surface area contributed by atoms with E-state index in [1.165, 1.54) is 32.1 Å². The number of rotatable bonds is 10. The van der Waals surface area contributed by atoms with Crippen LogP contribution in [0.4, 0.5) is 0 Å². The van der Waals surface area contributed by atoms with Crippen LogP contribution in [-0.4, -0.2) is 53.5 Å². The molecule has 0 amide bonds. The Morgan fingerprint density at radius 2 is 1.41 bits per heavy atom. The fourth-order valence-corrected chi connectivity index (χ4v) is 3.28. The van der Waals surface area contributed by atoms with E-state index < -0.39 is 0 Å². The molecule has 2 N–H and O–H groups in total. The maximum Gasteiger partial charge on any atom is 0.191 e. The van der Waals surface area contributed by atoms with Crippen LogP contribution >= 0.6 is 0 Å². The van der Waals surface area contributed by atoms with Gasteiger partial charge in [-0.15, -0.1) is 0 Å². The lowest BCUT2D eigenvalue weighted by Gasteiger charge is -2.42. The molecule has 0 saturated heterocycles. The molecule has 0 bridgehead atoms. The number of hydrogen-bond acceptors (Lipinski definition) is 3. The van der Waals surface area contributed by atoms with Crippen molar-refractivity contribution in [2.45, 2.75) is 44.9 Å². The van der Waals surface area contributed by atoms with Crippen molar-refractivity contribution in [2.75, 3.05) is 47.6 Å². The Hall–Kier alpha value is -0.810. The standard InChI is InChI=1S/C17H33N3O2/c1-18-15(20-14-17(7-8-17)10-12-22-3)19-13-16(5-4-6-16)9-11-21-2/h4-14H2,1-3H3,(H2,18,19,20). The highest BCUT2D eigenvalue weighted by atomic mass is 16.5. The van der Waals surface area contributed by atoms with Crippen molar-refractivity contribution in [1.29, 1.82) is 0 Å². The molecule has 2 fully saturated rings. The third kappa shape index (κ3) is 4.85. The van der Waals surface area contributed by atoms with E-state index in [1.54, 1.807) is 14.2 Å². The van der Waals surface area contributed by atoms with Gasteiger partial charge in [0.05, 0.1) is 0 Å². The maximum atomic E-state index is 5.26. The van der Waals surface area contributed by atoms with Crippen molar-refractivity contribution in [3.63, 3.8) is 0 Å². The van der Waals surface area contributed by atoms with Crippen LogP contribution in [0.5, 0.6) is 0 Å². The van der Waals surface area contributed by atoms with E-state index in [9.17, 15) is 0 Å². The zero-order valence-corrected chi connectivity index (χ0v) is 14.5. The second-order valence-corrected chi connectivity index (χ2v) is 7.12. The van der Waals surface area contributed by atoms with Crippen LogP contribution in [-0.2, 0) is 9.47 Å². The summed E-state index contributed by atoms with van der Waals surface area (Å²) in [6, 6.07) is 0. The molecule has 5 nitrogen and oxygen atoms in total. The molecular weight excluding hydrogens is 278 g/mol. The first-order valence-electron chi connectivity index (χ1n) is 8.60. The second-order valence-electron chi connectivity index (χ2n) is 7.12. The molecular formula is C17H33N3O2. The van der Waals surface area contributed by atoms with Gasteiger partial charge in [0.2, 0.25) is 0 Å². The van der Waals surface area contributed by atoms with E-state index >= 15 is 0 Å². The summed E-state index contributed by atoms with van der Waals surface area (Å²) >= 11 is 0. The number of aliphatic imine (C=N–C) groups is 1. The van der Waals surface area contributed by atoms with Crippen LogP contribution in [0.3, 0.4) is 0 Å².